The van der Waals surface area contributed by atoms with Gasteiger partial charge in [0.25, 0.3) is 0 Å². The van der Waals surface area contributed by atoms with Crippen molar-refractivity contribution < 1.29 is 14.5 Å². The third-order valence-electron chi connectivity index (χ3n) is 3.15. The van der Waals surface area contributed by atoms with Gasteiger partial charge in [-0.25, -0.2) is 0 Å². The van der Waals surface area contributed by atoms with Crippen LogP contribution in [-0.2, 0) is 17.9 Å². The Kier molecular flexibility index (Phi) is 4.72. The second-order valence-electron chi connectivity index (χ2n) is 4.72. The van der Waals surface area contributed by atoms with E-state index in [0.29, 0.717) is 12.3 Å². The zero-order valence-electron chi connectivity index (χ0n) is 12.3. The molecule has 1 heterocycles. The molecular formula is C14H16N4O4. The summed E-state index contributed by atoms with van der Waals surface area (Å²) in [4.78, 5) is 27.3. The van der Waals surface area contributed by atoms with E-state index in [9.17, 15) is 14.9 Å². The van der Waals surface area contributed by atoms with Gasteiger partial charge in [0.15, 0.2) is 0 Å². The van der Waals surface area contributed by atoms with Crippen molar-refractivity contribution in [3.8, 4) is 5.75 Å². The maximum atomic E-state index is 12.2. The Labute approximate surface area is 127 Å². The van der Waals surface area contributed by atoms with Gasteiger partial charge in [-0.1, -0.05) is 18.2 Å². The first-order valence-corrected chi connectivity index (χ1v) is 6.53. The number of benzene rings is 1. The number of nitro groups is 1. The molecule has 8 heteroatoms. The van der Waals surface area contributed by atoms with Crippen LogP contribution in [-0.4, -0.2) is 39.4 Å². The molecule has 0 bridgehead atoms. The Hall–Kier alpha value is -2.90. The number of carbonyl (C=O) groups excluding carboxylic acids is 1. The Bertz CT molecular complexity index is 683. The number of likely N-dealkylation sites (N-methyl/N-ethyl adjacent to an activating group) is 1. The average Bonchev–Trinajstić information content (AvgIpc) is 2.96. The number of methoxy groups -OCH3 is 1. The van der Waals surface area contributed by atoms with Crippen molar-refractivity contribution in [2.24, 2.45) is 0 Å². The molecule has 2 rings (SSSR count). The van der Waals surface area contributed by atoms with Crippen molar-refractivity contribution in [1.29, 1.82) is 0 Å². The molecule has 0 aliphatic carbocycles. The molecule has 0 fully saturated rings. The summed E-state index contributed by atoms with van der Waals surface area (Å²) in [6.45, 7) is 0.381. The summed E-state index contributed by atoms with van der Waals surface area (Å²) >= 11 is 0. The lowest BCUT2D eigenvalue weighted by molar-refractivity contribution is -0.389. The Morgan fingerprint density at radius 3 is 2.82 bits per heavy atom. The summed E-state index contributed by atoms with van der Waals surface area (Å²) in [7, 11) is 3.24. The molecule has 0 N–H and O–H groups in total. The van der Waals surface area contributed by atoms with E-state index in [1.54, 1.807) is 14.2 Å². The fourth-order valence-corrected chi connectivity index (χ4v) is 1.98. The molecule has 1 amide bonds. The number of nitrogens with zero attached hydrogens (tertiary/aromatic N) is 4. The number of imidazole rings is 1. The van der Waals surface area contributed by atoms with Gasteiger partial charge in [-0.2, -0.15) is 0 Å². The van der Waals surface area contributed by atoms with Crippen LogP contribution in [0.1, 0.15) is 5.56 Å². The second kappa shape index (κ2) is 6.70. The number of para-hydroxylation sites is 1. The molecule has 0 saturated heterocycles. The maximum Gasteiger partial charge on any atom is 0.381 e. The number of aromatic nitrogens is 2. The van der Waals surface area contributed by atoms with Gasteiger partial charge in [-0.05, 0) is 16.0 Å². The van der Waals surface area contributed by atoms with Crippen LogP contribution in [0.3, 0.4) is 0 Å². The SMILES string of the molecule is COc1ccccc1CN(C)C(=O)Cn1cnc([N+](=O)[O-])c1. The van der Waals surface area contributed by atoms with E-state index in [-0.39, 0.29) is 18.3 Å². The molecule has 2 aromatic rings. The van der Waals surface area contributed by atoms with E-state index in [2.05, 4.69) is 4.98 Å². The minimum atomic E-state index is -0.598. The average molecular weight is 304 g/mol. The molecule has 0 saturated carbocycles. The van der Waals surface area contributed by atoms with E-state index in [1.165, 1.54) is 22.0 Å². The van der Waals surface area contributed by atoms with Crippen LogP contribution in [0.25, 0.3) is 0 Å². The van der Waals surface area contributed by atoms with Gasteiger partial charge < -0.3 is 24.3 Å². The van der Waals surface area contributed by atoms with Crippen molar-refractivity contribution in [3.63, 3.8) is 0 Å². The third-order valence-corrected chi connectivity index (χ3v) is 3.15. The Morgan fingerprint density at radius 1 is 1.45 bits per heavy atom. The van der Waals surface area contributed by atoms with Crippen molar-refractivity contribution in [3.05, 3.63) is 52.5 Å². The fourth-order valence-electron chi connectivity index (χ4n) is 1.98. The summed E-state index contributed by atoms with van der Waals surface area (Å²) in [6.07, 6.45) is 2.50. The largest absolute Gasteiger partial charge is 0.496 e. The monoisotopic (exact) mass is 304 g/mol. The fraction of sp³-hybridized carbons (Fsp3) is 0.286. The first kappa shape index (κ1) is 15.5. The van der Waals surface area contributed by atoms with Crippen molar-refractivity contribution in [2.75, 3.05) is 14.2 Å². The smallest absolute Gasteiger partial charge is 0.381 e. The summed E-state index contributed by atoms with van der Waals surface area (Å²) in [6, 6.07) is 7.43. The molecular weight excluding hydrogens is 288 g/mol. The van der Waals surface area contributed by atoms with E-state index >= 15 is 0 Å². The highest BCUT2D eigenvalue weighted by molar-refractivity contribution is 5.75. The molecule has 1 aromatic carbocycles. The van der Waals surface area contributed by atoms with Crippen LogP contribution >= 0.6 is 0 Å². The van der Waals surface area contributed by atoms with Crippen LogP contribution < -0.4 is 4.74 Å². The Balaban J connectivity index is 2.01. The molecule has 0 aliphatic heterocycles. The van der Waals surface area contributed by atoms with Gasteiger partial charge in [-0.15, -0.1) is 0 Å². The Morgan fingerprint density at radius 2 is 2.18 bits per heavy atom. The first-order valence-electron chi connectivity index (χ1n) is 6.53. The molecule has 1 aromatic heterocycles. The highest BCUT2D eigenvalue weighted by Gasteiger charge is 2.15. The van der Waals surface area contributed by atoms with E-state index < -0.39 is 4.92 Å². The lowest BCUT2D eigenvalue weighted by Gasteiger charge is -2.18. The number of amides is 1. The van der Waals surface area contributed by atoms with Gasteiger partial charge in [0.2, 0.25) is 12.2 Å². The lowest BCUT2D eigenvalue weighted by atomic mass is 10.2. The number of hydrogen-bond donors (Lipinski definition) is 0. The molecule has 0 radical (unpaired) electrons. The van der Waals surface area contributed by atoms with Gasteiger partial charge in [0.1, 0.15) is 18.5 Å². The minimum Gasteiger partial charge on any atom is -0.496 e. The summed E-state index contributed by atoms with van der Waals surface area (Å²) in [5, 5.41) is 10.6. The maximum absolute atomic E-state index is 12.2. The first-order chi connectivity index (χ1) is 10.5. The zero-order valence-corrected chi connectivity index (χ0v) is 12.3. The number of ether oxygens (including phenoxy) is 1. The van der Waals surface area contributed by atoms with Crippen molar-refractivity contribution >= 4 is 11.7 Å². The summed E-state index contributed by atoms with van der Waals surface area (Å²) < 4.78 is 6.63. The van der Waals surface area contributed by atoms with Crippen LogP contribution in [0, 0.1) is 10.1 Å². The van der Waals surface area contributed by atoms with Crippen LogP contribution in [0.2, 0.25) is 0 Å². The van der Waals surface area contributed by atoms with E-state index in [1.807, 2.05) is 24.3 Å². The van der Waals surface area contributed by atoms with Gasteiger partial charge in [-0.3, -0.25) is 4.79 Å². The van der Waals surface area contributed by atoms with E-state index in [0.717, 1.165) is 5.56 Å². The van der Waals surface area contributed by atoms with Gasteiger partial charge in [0, 0.05) is 19.2 Å². The van der Waals surface area contributed by atoms with Gasteiger partial charge in [0.05, 0.1) is 7.11 Å². The third kappa shape index (κ3) is 3.60. The number of carbonyl (C=O) groups is 1. The predicted octanol–water partition coefficient (Wildman–Crippen LogP) is 1.46. The highest BCUT2D eigenvalue weighted by Crippen LogP contribution is 2.18. The van der Waals surface area contributed by atoms with Crippen molar-refractivity contribution in [2.45, 2.75) is 13.1 Å². The number of rotatable bonds is 6. The quantitative estimate of drug-likeness (QED) is 0.595. The van der Waals surface area contributed by atoms with Crippen LogP contribution in [0.15, 0.2) is 36.8 Å². The zero-order chi connectivity index (χ0) is 16.1. The summed E-state index contributed by atoms with van der Waals surface area (Å²) in [5.74, 6) is 0.249. The topological polar surface area (TPSA) is 90.5 Å². The second-order valence-corrected chi connectivity index (χ2v) is 4.72. The minimum absolute atomic E-state index is 0.00745. The van der Waals surface area contributed by atoms with Crippen molar-refractivity contribution in [1.82, 2.24) is 14.5 Å². The molecule has 0 atom stereocenters. The van der Waals surface area contributed by atoms with Gasteiger partial charge >= 0.3 is 5.82 Å². The van der Waals surface area contributed by atoms with E-state index in [4.69, 9.17) is 4.74 Å². The molecule has 8 nitrogen and oxygen atoms in total. The predicted molar refractivity (Wildman–Crippen MR) is 78.3 cm³/mol. The highest BCUT2D eigenvalue weighted by atomic mass is 16.6. The standard InChI is InChI=1S/C14H16N4O4/c1-16(7-11-5-3-4-6-12(11)22-2)14(19)9-17-8-13(15-10-17)18(20)21/h3-6,8,10H,7,9H2,1-2H3. The summed E-state index contributed by atoms with van der Waals surface area (Å²) in [5.41, 5.74) is 0.887. The molecule has 0 aliphatic rings. The molecule has 0 unspecified atom stereocenters. The molecule has 22 heavy (non-hydrogen) atoms. The molecule has 116 valence electrons. The van der Waals surface area contributed by atoms with Crippen LogP contribution in [0.4, 0.5) is 5.82 Å². The normalized spacial score (nSPS) is 10.3. The molecule has 0 spiro atoms. The number of hydrogen-bond acceptors (Lipinski definition) is 5. The van der Waals surface area contributed by atoms with Crippen LogP contribution in [0.5, 0.6) is 5.75 Å². The lowest BCUT2D eigenvalue weighted by Crippen LogP contribution is -2.29.